The number of carbonyl (C=O) groups is 2. The molecule has 0 fully saturated rings. The van der Waals surface area contributed by atoms with Crippen molar-refractivity contribution in [1.82, 2.24) is 10.3 Å². The van der Waals surface area contributed by atoms with Crippen molar-refractivity contribution >= 4 is 27.8 Å². The Labute approximate surface area is 112 Å². The molecule has 1 aromatic heterocycles. The maximum Gasteiger partial charge on any atom is 0.310 e. The second kappa shape index (κ2) is 5.30. The first-order valence-electron chi connectivity index (χ1n) is 5.40. The van der Waals surface area contributed by atoms with Crippen LogP contribution in [-0.2, 0) is 4.79 Å². The summed E-state index contributed by atoms with van der Waals surface area (Å²) in [5, 5.41) is 11.6. The molecule has 18 heavy (non-hydrogen) atoms. The van der Waals surface area contributed by atoms with Crippen LogP contribution in [0.1, 0.15) is 16.9 Å². The summed E-state index contributed by atoms with van der Waals surface area (Å²) in [5.41, 5.74) is 0.311. The number of carboxylic acids is 1. The van der Waals surface area contributed by atoms with Crippen LogP contribution in [0, 0.1) is 5.92 Å². The van der Waals surface area contributed by atoms with E-state index in [9.17, 15) is 9.59 Å². The third-order valence-corrected chi connectivity index (χ3v) is 3.15. The summed E-state index contributed by atoms with van der Waals surface area (Å²) in [6.45, 7) is 0. The minimum Gasteiger partial charge on any atom is -0.481 e. The maximum atomic E-state index is 11.8. The SMILES string of the molecule is O=C(NC1C=CC(C(=O)O)C1)c1ccc(Br)cn1. The highest BCUT2D eigenvalue weighted by molar-refractivity contribution is 9.10. The Hall–Kier alpha value is -1.69. The lowest BCUT2D eigenvalue weighted by Gasteiger charge is -2.11. The number of hydrogen-bond acceptors (Lipinski definition) is 3. The van der Waals surface area contributed by atoms with Gasteiger partial charge in [-0.25, -0.2) is 4.98 Å². The summed E-state index contributed by atoms with van der Waals surface area (Å²) < 4.78 is 0.797. The highest BCUT2D eigenvalue weighted by Crippen LogP contribution is 2.18. The molecule has 2 rings (SSSR count). The van der Waals surface area contributed by atoms with Gasteiger partial charge in [-0.05, 0) is 34.5 Å². The van der Waals surface area contributed by atoms with E-state index in [1.54, 1.807) is 30.5 Å². The van der Waals surface area contributed by atoms with E-state index in [1.165, 1.54) is 0 Å². The second-order valence-corrected chi connectivity index (χ2v) is 4.92. The van der Waals surface area contributed by atoms with Crippen LogP contribution < -0.4 is 5.32 Å². The van der Waals surface area contributed by atoms with Gasteiger partial charge >= 0.3 is 5.97 Å². The fraction of sp³-hybridized carbons (Fsp3) is 0.250. The van der Waals surface area contributed by atoms with Gasteiger partial charge in [0.1, 0.15) is 5.69 Å². The first kappa shape index (κ1) is 12.8. The van der Waals surface area contributed by atoms with Crippen LogP contribution in [0.25, 0.3) is 0 Å². The second-order valence-electron chi connectivity index (χ2n) is 4.01. The molecule has 6 heteroatoms. The third-order valence-electron chi connectivity index (χ3n) is 2.68. The molecule has 1 aromatic rings. The van der Waals surface area contributed by atoms with Gasteiger partial charge in [0.15, 0.2) is 0 Å². The highest BCUT2D eigenvalue weighted by Gasteiger charge is 2.25. The average Bonchev–Trinajstić information content (AvgIpc) is 2.78. The number of rotatable bonds is 3. The Kier molecular flexibility index (Phi) is 3.76. The summed E-state index contributed by atoms with van der Waals surface area (Å²) in [6.07, 6.45) is 5.23. The van der Waals surface area contributed by atoms with Gasteiger partial charge in [-0.3, -0.25) is 9.59 Å². The maximum absolute atomic E-state index is 11.8. The van der Waals surface area contributed by atoms with Crippen LogP contribution in [0.15, 0.2) is 35.0 Å². The van der Waals surface area contributed by atoms with E-state index < -0.39 is 11.9 Å². The zero-order valence-electron chi connectivity index (χ0n) is 9.34. The van der Waals surface area contributed by atoms with Gasteiger partial charge < -0.3 is 10.4 Å². The fourth-order valence-electron chi connectivity index (χ4n) is 1.74. The quantitative estimate of drug-likeness (QED) is 0.831. The molecule has 1 heterocycles. The first-order chi connectivity index (χ1) is 8.56. The van der Waals surface area contributed by atoms with Gasteiger partial charge in [-0.1, -0.05) is 12.2 Å². The Balaban J connectivity index is 1.95. The van der Waals surface area contributed by atoms with Crippen molar-refractivity contribution in [2.75, 3.05) is 0 Å². The van der Waals surface area contributed by atoms with E-state index in [2.05, 4.69) is 26.2 Å². The van der Waals surface area contributed by atoms with E-state index >= 15 is 0 Å². The van der Waals surface area contributed by atoms with Crippen LogP contribution >= 0.6 is 15.9 Å². The number of pyridine rings is 1. The largest absolute Gasteiger partial charge is 0.481 e. The van der Waals surface area contributed by atoms with Crippen LogP contribution in [-0.4, -0.2) is 28.0 Å². The standard InChI is InChI=1S/C12H11BrN2O3/c13-8-2-4-10(14-6-8)11(16)15-9-3-1-7(5-9)12(17)18/h1-4,6-7,9H,5H2,(H,15,16)(H,17,18). The van der Waals surface area contributed by atoms with Crippen molar-refractivity contribution in [3.8, 4) is 0 Å². The van der Waals surface area contributed by atoms with Crippen molar-refractivity contribution in [2.45, 2.75) is 12.5 Å². The van der Waals surface area contributed by atoms with Gasteiger partial charge in [-0.2, -0.15) is 0 Å². The van der Waals surface area contributed by atoms with Gasteiger partial charge in [-0.15, -0.1) is 0 Å². The van der Waals surface area contributed by atoms with Crippen molar-refractivity contribution in [1.29, 1.82) is 0 Å². The smallest absolute Gasteiger partial charge is 0.310 e. The minimum atomic E-state index is -0.871. The molecular formula is C12H11BrN2O3. The average molecular weight is 311 g/mol. The summed E-state index contributed by atoms with van der Waals surface area (Å²) in [5.74, 6) is -1.69. The van der Waals surface area contributed by atoms with Gasteiger partial charge in [0.2, 0.25) is 0 Å². The molecule has 1 aliphatic carbocycles. The lowest BCUT2D eigenvalue weighted by molar-refractivity contribution is -0.140. The van der Waals surface area contributed by atoms with Crippen molar-refractivity contribution in [3.05, 3.63) is 40.6 Å². The molecule has 0 spiro atoms. The monoisotopic (exact) mass is 310 g/mol. The molecular weight excluding hydrogens is 300 g/mol. The van der Waals surface area contributed by atoms with E-state index in [-0.39, 0.29) is 11.9 Å². The van der Waals surface area contributed by atoms with Crippen molar-refractivity contribution in [2.24, 2.45) is 5.92 Å². The molecule has 2 unspecified atom stereocenters. The Bertz CT molecular complexity index is 499. The molecule has 1 aliphatic rings. The lowest BCUT2D eigenvalue weighted by Crippen LogP contribution is -2.33. The number of aliphatic carboxylic acids is 1. The summed E-state index contributed by atoms with van der Waals surface area (Å²) >= 11 is 3.24. The molecule has 0 aliphatic heterocycles. The molecule has 0 bridgehead atoms. The third kappa shape index (κ3) is 2.95. The summed E-state index contributed by atoms with van der Waals surface area (Å²) in [7, 11) is 0. The molecule has 0 saturated heterocycles. The minimum absolute atomic E-state index is 0.246. The highest BCUT2D eigenvalue weighted by atomic mass is 79.9. The number of carbonyl (C=O) groups excluding carboxylic acids is 1. The van der Waals surface area contributed by atoms with Crippen LogP contribution in [0.5, 0.6) is 0 Å². The van der Waals surface area contributed by atoms with E-state index in [0.29, 0.717) is 12.1 Å². The number of amides is 1. The fourth-order valence-corrected chi connectivity index (χ4v) is 1.98. The van der Waals surface area contributed by atoms with Crippen LogP contribution in [0.2, 0.25) is 0 Å². The normalized spacial score (nSPS) is 21.8. The molecule has 94 valence electrons. The summed E-state index contributed by atoms with van der Waals surface area (Å²) in [6, 6.07) is 3.09. The Morgan fingerprint density at radius 3 is 2.72 bits per heavy atom. The predicted octanol–water partition coefficient (Wildman–Crippen LogP) is 1.60. The molecule has 0 radical (unpaired) electrons. The number of nitrogens with one attached hydrogen (secondary N) is 1. The molecule has 2 atom stereocenters. The molecule has 1 amide bonds. The molecule has 5 nitrogen and oxygen atoms in total. The van der Waals surface area contributed by atoms with Crippen LogP contribution in [0.3, 0.4) is 0 Å². The summed E-state index contributed by atoms with van der Waals surface area (Å²) in [4.78, 5) is 26.6. The Morgan fingerprint density at radius 2 is 2.17 bits per heavy atom. The molecule has 2 N–H and O–H groups in total. The zero-order chi connectivity index (χ0) is 13.1. The molecule has 0 saturated carbocycles. The van der Waals surface area contributed by atoms with E-state index in [0.717, 1.165) is 4.47 Å². The predicted molar refractivity (Wildman–Crippen MR) is 68.1 cm³/mol. The number of nitrogens with zero attached hydrogens (tertiary/aromatic N) is 1. The topological polar surface area (TPSA) is 79.3 Å². The number of aromatic nitrogens is 1. The molecule has 0 aromatic carbocycles. The number of halogens is 1. The van der Waals surface area contributed by atoms with E-state index in [4.69, 9.17) is 5.11 Å². The van der Waals surface area contributed by atoms with Gasteiger partial charge in [0, 0.05) is 16.7 Å². The zero-order valence-corrected chi connectivity index (χ0v) is 10.9. The van der Waals surface area contributed by atoms with Gasteiger partial charge in [0.25, 0.3) is 5.91 Å². The van der Waals surface area contributed by atoms with Crippen molar-refractivity contribution in [3.63, 3.8) is 0 Å². The lowest BCUT2D eigenvalue weighted by atomic mass is 10.1. The number of carboxylic acid groups (broad SMARTS) is 1. The van der Waals surface area contributed by atoms with Crippen molar-refractivity contribution < 1.29 is 14.7 Å². The van der Waals surface area contributed by atoms with Gasteiger partial charge in [0.05, 0.1) is 5.92 Å². The van der Waals surface area contributed by atoms with E-state index in [1.807, 2.05) is 0 Å². The number of hydrogen-bond donors (Lipinski definition) is 2. The Morgan fingerprint density at radius 1 is 1.39 bits per heavy atom. The van der Waals surface area contributed by atoms with Crippen LogP contribution in [0.4, 0.5) is 0 Å². The first-order valence-corrected chi connectivity index (χ1v) is 6.19.